The fourth-order valence-corrected chi connectivity index (χ4v) is 2.25. The smallest absolute Gasteiger partial charge is 0.298 e. The van der Waals surface area contributed by atoms with Crippen molar-refractivity contribution in [3.8, 4) is 34.0 Å². The molecule has 0 fully saturated rings. The van der Waals surface area contributed by atoms with E-state index in [0.717, 1.165) is 0 Å². The van der Waals surface area contributed by atoms with Crippen molar-refractivity contribution in [3.05, 3.63) is 73.2 Å². The Balaban J connectivity index is 0.00000182. The summed E-state index contributed by atoms with van der Waals surface area (Å²) in [5, 5.41) is 12.2. The molecule has 0 N–H and O–H groups in total. The molecule has 0 aliphatic heterocycles. The van der Waals surface area contributed by atoms with E-state index in [2.05, 4.69) is 48.6 Å². The Kier molecular flexibility index (Phi) is 5.18. The molecule has 0 saturated heterocycles. The molecule has 0 saturated carbocycles. The van der Waals surface area contributed by atoms with E-state index >= 15 is 0 Å². The number of nitrogens with zero attached hydrogens (tertiary/aromatic N) is 6. The summed E-state index contributed by atoms with van der Waals surface area (Å²) in [5.41, 5.74) is 3.39. The third-order valence-corrected chi connectivity index (χ3v) is 3.27. The fraction of sp³-hybridized carbons (Fsp3) is 0. The molecule has 0 aromatic carbocycles. The first-order valence-electron chi connectivity index (χ1n) is 7.16. The van der Waals surface area contributed by atoms with Crippen molar-refractivity contribution >= 4 is 0 Å². The van der Waals surface area contributed by atoms with E-state index in [1.54, 1.807) is 55.0 Å². The zero-order chi connectivity index (χ0) is 16.2. The van der Waals surface area contributed by atoms with Crippen molar-refractivity contribution in [2.75, 3.05) is 0 Å². The number of hydrogen-bond acceptors (Lipinski definition) is 6. The van der Waals surface area contributed by atoms with Crippen molar-refractivity contribution in [3.63, 3.8) is 0 Å². The summed E-state index contributed by atoms with van der Waals surface area (Å²) in [6, 6.07) is 19.9. The summed E-state index contributed by atoms with van der Waals surface area (Å²) < 4.78 is 0. The van der Waals surface area contributed by atoms with Crippen LogP contribution in [0.3, 0.4) is 0 Å². The summed E-state index contributed by atoms with van der Waals surface area (Å²) in [6.45, 7) is 0. The first-order chi connectivity index (χ1) is 11.9. The second-order valence-electron chi connectivity index (χ2n) is 4.75. The Hall–Kier alpha value is -3.02. The topological polar surface area (TPSA) is 77.3 Å². The van der Waals surface area contributed by atoms with Crippen molar-refractivity contribution in [2.45, 2.75) is 0 Å². The Morgan fingerprint density at radius 2 is 1.04 bits per heavy atom. The van der Waals surface area contributed by atoms with E-state index in [0.29, 0.717) is 34.0 Å². The van der Waals surface area contributed by atoms with Crippen LogP contribution in [0.5, 0.6) is 0 Å². The molecule has 0 aliphatic rings. The maximum atomic E-state index is 4.37. The van der Waals surface area contributed by atoms with Gasteiger partial charge in [0.05, 0.1) is 0 Å². The molecular formula is C18H9FeN6. The Morgan fingerprint density at radius 3 is 1.44 bits per heavy atom. The predicted octanol–water partition coefficient (Wildman–Crippen LogP) is 2.46. The Morgan fingerprint density at radius 1 is 0.600 bits per heavy atom. The molecule has 1 radical (unpaired) electrons. The van der Waals surface area contributed by atoms with Gasteiger partial charge >= 0.3 is 17.1 Å². The zero-order valence-corrected chi connectivity index (χ0v) is 13.8. The SMILES string of the molecule is [Fe+3].[c-]1cccnc1-c1nnnc(-c2[c-]cccn2)c1-c1[c-]cccn1. The van der Waals surface area contributed by atoms with Gasteiger partial charge in [-0.05, 0) is 41.4 Å². The third-order valence-electron chi connectivity index (χ3n) is 3.27. The second kappa shape index (κ2) is 7.70. The van der Waals surface area contributed by atoms with Gasteiger partial charge in [0.2, 0.25) is 0 Å². The molecule has 7 heteroatoms. The van der Waals surface area contributed by atoms with Crippen molar-refractivity contribution in [1.29, 1.82) is 0 Å². The first kappa shape index (κ1) is 16.8. The van der Waals surface area contributed by atoms with E-state index in [1.807, 2.05) is 0 Å². The van der Waals surface area contributed by atoms with Crippen LogP contribution in [0.1, 0.15) is 0 Å². The number of aromatic nitrogens is 6. The summed E-state index contributed by atoms with van der Waals surface area (Å²) in [5.74, 6) is 0. The van der Waals surface area contributed by atoms with Gasteiger partial charge in [-0.2, -0.15) is 42.0 Å². The molecule has 119 valence electrons. The van der Waals surface area contributed by atoms with Crippen LogP contribution in [0, 0.1) is 18.2 Å². The minimum atomic E-state index is 0. The summed E-state index contributed by atoms with van der Waals surface area (Å²) in [6.07, 6.45) is 5.03. The van der Waals surface area contributed by atoms with Gasteiger partial charge in [0.15, 0.2) is 0 Å². The molecule has 0 atom stereocenters. The molecule has 4 aromatic heterocycles. The van der Waals surface area contributed by atoms with Gasteiger partial charge in [0.25, 0.3) is 0 Å². The van der Waals surface area contributed by atoms with Crippen molar-refractivity contribution in [2.24, 2.45) is 0 Å². The number of hydrogen-bond donors (Lipinski definition) is 0. The summed E-state index contributed by atoms with van der Waals surface area (Å²) >= 11 is 0. The van der Waals surface area contributed by atoms with Gasteiger partial charge in [-0.1, -0.05) is 10.9 Å². The zero-order valence-electron chi connectivity index (χ0n) is 12.7. The molecular weight excluding hydrogens is 356 g/mol. The fourth-order valence-electron chi connectivity index (χ4n) is 2.25. The second-order valence-corrected chi connectivity index (χ2v) is 4.75. The molecule has 0 unspecified atom stereocenters. The minimum Gasteiger partial charge on any atom is -0.298 e. The quantitative estimate of drug-likeness (QED) is 0.410. The summed E-state index contributed by atoms with van der Waals surface area (Å²) in [7, 11) is 0. The maximum absolute atomic E-state index is 4.37. The minimum absolute atomic E-state index is 0. The molecule has 0 spiro atoms. The monoisotopic (exact) mass is 365 g/mol. The molecule has 4 heterocycles. The predicted molar refractivity (Wildman–Crippen MR) is 86.0 cm³/mol. The third kappa shape index (κ3) is 3.42. The van der Waals surface area contributed by atoms with Crippen LogP contribution in [-0.4, -0.2) is 30.4 Å². The van der Waals surface area contributed by atoms with Crippen LogP contribution < -0.4 is 0 Å². The molecule has 0 bridgehead atoms. The summed E-state index contributed by atoms with van der Waals surface area (Å²) in [4.78, 5) is 13.0. The van der Waals surface area contributed by atoms with E-state index < -0.39 is 0 Å². The van der Waals surface area contributed by atoms with Crippen molar-refractivity contribution in [1.82, 2.24) is 30.4 Å². The standard InChI is InChI=1S/C18H9N6.Fe/c1-4-10-19-13(7-1)16-17(14-8-2-5-11-20-14)22-24-23-18(16)15-9-3-6-12-21-15;/h1-6,10-12H;/q-3;+3. The molecule has 6 nitrogen and oxygen atoms in total. The number of pyridine rings is 3. The van der Waals surface area contributed by atoms with Crippen LogP contribution in [0.4, 0.5) is 0 Å². The van der Waals surface area contributed by atoms with Crippen LogP contribution >= 0.6 is 0 Å². The van der Waals surface area contributed by atoms with Crippen LogP contribution in [0.25, 0.3) is 34.0 Å². The van der Waals surface area contributed by atoms with E-state index in [1.165, 1.54) is 0 Å². The van der Waals surface area contributed by atoms with E-state index in [-0.39, 0.29) is 17.1 Å². The number of rotatable bonds is 3. The van der Waals surface area contributed by atoms with Gasteiger partial charge in [0, 0.05) is 0 Å². The van der Waals surface area contributed by atoms with Gasteiger partial charge in [-0.25, -0.2) is 10.2 Å². The van der Waals surface area contributed by atoms with Gasteiger partial charge in [0.1, 0.15) is 0 Å². The van der Waals surface area contributed by atoms with Gasteiger partial charge in [-0.15, -0.1) is 18.2 Å². The van der Waals surface area contributed by atoms with Crippen molar-refractivity contribution < 1.29 is 17.1 Å². The van der Waals surface area contributed by atoms with E-state index in [4.69, 9.17) is 0 Å². The van der Waals surface area contributed by atoms with Crippen LogP contribution in [0.15, 0.2) is 55.0 Å². The van der Waals surface area contributed by atoms with Gasteiger partial charge in [-0.3, -0.25) is 15.0 Å². The average molecular weight is 365 g/mol. The Labute approximate surface area is 154 Å². The maximum Gasteiger partial charge on any atom is 3.00 e. The van der Waals surface area contributed by atoms with E-state index in [9.17, 15) is 0 Å². The van der Waals surface area contributed by atoms with Crippen LogP contribution in [0.2, 0.25) is 0 Å². The molecule has 4 aromatic rings. The average Bonchev–Trinajstić information content (AvgIpc) is 2.69. The molecule has 25 heavy (non-hydrogen) atoms. The normalized spacial score (nSPS) is 10.1. The largest absolute Gasteiger partial charge is 3.00 e. The molecule has 0 aliphatic carbocycles. The first-order valence-corrected chi connectivity index (χ1v) is 7.16. The Bertz CT molecular complexity index is 891. The van der Waals surface area contributed by atoms with Gasteiger partial charge < -0.3 is 0 Å². The van der Waals surface area contributed by atoms with Crippen LogP contribution in [-0.2, 0) is 17.1 Å². The molecule has 0 amide bonds. The molecule has 4 rings (SSSR count).